The quantitative estimate of drug-likeness (QED) is 0.871. The average Bonchev–Trinajstić information content (AvgIpc) is 2.28. The molecule has 0 saturated carbocycles. The topological polar surface area (TPSA) is 32.7 Å². The molecule has 1 N–H and O–H groups in total. The van der Waals surface area contributed by atoms with Crippen molar-refractivity contribution in [2.45, 2.75) is 26.8 Å². The van der Waals surface area contributed by atoms with Gasteiger partial charge in [-0.15, -0.1) is 0 Å². The highest BCUT2D eigenvalue weighted by molar-refractivity contribution is 5.49. The SMILES string of the molecule is COc1cc(C)c(C(CO)N(C)C)c(C)c1C. The second-order valence-electron chi connectivity index (χ2n) is 4.72. The normalized spacial score (nSPS) is 12.9. The number of likely N-dealkylation sites (N-methyl/N-ethyl adjacent to an activating group) is 1. The third-order valence-corrected chi connectivity index (χ3v) is 3.46. The van der Waals surface area contributed by atoms with Crippen molar-refractivity contribution in [1.82, 2.24) is 4.90 Å². The van der Waals surface area contributed by atoms with Gasteiger partial charge in [-0.05, 0) is 63.2 Å². The van der Waals surface area contributed by atoms with Gasteiger partial charge in [0.2, 0.25) is 0 Å². The van der Waals surface area contributed by atoms with E-state index in [-0.39, 0.29) is 12.6 Å². The number of nitrogens with zero attached hydrogens (tertiary/aromatic N) is 1. The number of aliphatic hydroxyl groups is 1. The van der Waals surface area contributed by atoms with Crippen LogP contribution in [0.3, 0.4) is 0 Å². The first kappa shape index (κ1) is 14.0. The molecule has 0 saturated heterocycles. The number of hydrogen-bond donors (Lipinski definition) is 1. The molecule has 3 nitrogen and oxygen atoms in total. The second-order valence-corrected chi connectivity index (χ2v) is 4.72. The molecule has 0 aromatic heterocycles. The summed E-state index contributed by atoms with van der Waals surface area (Å²) in [6, 6.07) is 2.09. The van der Waals surface area contributed by atoms with Gasteiger partial charge in [0.15, 0.2) is 0 Å². The van der Waals surface area contributed by atoms with Gasteiger partial charge in [0.25, 0.3) is 0 Å². The van der Waals surface area contributed by atoms with E-state index in [1.165, 1.54) is 11.1 Å². The van der Waals surface area contributed by atoms with Crippen molar-refractivity contribution in [3.8, 4) is 5.75 Å². The number of hydrogen-bond acceptors (Lipinski definition) is 3. The van der Waals surface area contributed by atoms with Crippen molar-refractivity contribution in [1.29, 1.82) is 0 Å². The minimum absolute atomic E-state index is 0.0413. The Bertz CT molecular complexity index is 400. The van der Waals surface area contributed by atoms with E-state index < -0.39 is 0 Å². The van der Waals surface area contributed by atoms with Crippen LogP contribution in [-0.4, -0.2) is 37.8 Å². The lowest BCUT2D eigenvalue weighted by molar-refractivity contribution is 0.169. The average molecular weight is 237 g/mol. The summed E-state index contributed by atoms with van der Waals surface area (Å²) >= 11 is 0. The second kappa shape index (κ2) is 5.52. The number of aliphatic hydroxyl groups excluding tert-OH is 1. The highest BCUT2D eigenvalue weighted by atomic mass is 16.5. The van der Waals surface area contributed by atoms with Crippen LogP contribution in [0, 0.1) is 20.8 Å². The Labute approximate surface area is 104 Å². The summed E-state index contributed by atoms with van der Waals surface area (Å²) in [7, 11) is 5.66. The molecule has 0 amide bonds. The van der Waals surface area contributed by atoms with Gasteiger partial charge < -0.3 is 14.7 Å². The van der Waals surface area contributed by atoms with E-state index in [2.05, 4.69) is 20.8 Å². The van der Waals surface area contributed by atoms with E-state index in [1.807, 2.05) is 25.1 Å². The summed E-state index contributed by atoms with van der Waals surface area (Å²) in [5.74, 6) is 0.916. The molecule has 0 spiro atoms. The van der Waals surface area contributed by atoms with Gasteiger partial charge in [0.1, 0.15) is 5.75 Å². The third-order valence-electron chi connectivity index (χ3n) is 3.46. The zero-order valence-electron chi connectivity index (χ0n) is 11.7. The maximum atomic E-state index is 9.54. The van der Waals surface area contributed by atoms with E-state index >= 15 is 0 Å². The molecule has 0 radical (unpaired) electrons. The van der Waals surface area contributed by atoms with Crippen LogP contribution < -0.4 is 4.74 Å². The Morgan fingerprint density at radius 3 is 2.24 bits per heavy atom. The van der Waals surface area contributed by atoms with Gasteiger partial charge in [0.05, 0.1) is 19.8 Å². The maximum absolute atomic E-state index is 9.54. The molecule has 0 heterocycles. The molecule has 96 valence electrons. The fourth-order valence-corrected chi connectivity index (χ4v) is 2.30. The lowest BCUT2D eigenvalue weighted by atomic mass is 9.92. The Balaban J connectivity index is 3.38. The molecule has 0 aliphatic carbocycles. The van der Waals surface area contributed by atoms with Gasteiger partial charge in [-0.1, -0.05) is 0 Å². The highest BCUT2D eigenvalue weighted by Gasteiger charge is 2.20. The molecule has 0 aliphatic rings. The first-order valence-electron chi connectivity index (χ1n) is 5.86. The summed E-state index contributed by atoms with van der Waals surface area (Å²) in [6.07, 6.45) is 0. The predicted molar refractivity (Wildman–Crippen MR) is 70.7 cm³/mol. The Morgan fingerprint density at radius 1 is 1.24 bits per heavy atom. The largest absolute Gasteiger partial charge is 0.496 e. The monoisotopic (exact) mass is 237 g/mol. The van der Waals surface area contributed by atoms with E-state index in [1.54, 1.807) is 7.11 Å². The first-order chi connectivity index (χ1) is 7.93. The van der Waals surface area contributed by atoms with Crippen molar-refractivity contribution in [2.75, 3.05) is 27.8 Å². The van der Waals surface area contributed by atoms with Crippen LogP contribution in [0.25, 0.3) is 0 Å². The minimum atomic E-state index is 0.0413. The van der Waals surface area contributed by atoms with E-state index in [9.17, 15) is 5.11 Å². The number of aryl methyl sites for hydroxylation is 1. The summed E-state index contributed by atoms with van der Waals surface area (Å²) in [5, 5.41) is 9.54. The Morgan fingerprint density at radius 2 is 1.82 bits per heavy atom. The number of ether oxygens (including phenoxy) is 1. The van der Waals surface area contributed by atoms with E-state index in [0.717, 1.165) is 16.9 Å². The summed E-state index contributed by atoms with van der Waals surface area (Å²) in [6.45, 7) is 6.34. The first-order valence-corrected chi connectivity index (χ1v) is 5.86. The van der Waals surface area contributed by atoms with Gasteiger partial charge in [-0.3, -0.25) is 0 Å². The Kier molecular flexibility index (Phi) is 4.54. The van der Waals surface area contributed by atoms with Crippen molar-refractivity contribution in [3.05, 3.63) is 28.3 Å². The number of rotatable bonds is 4. The van der Waals surface area contributed by atoms with Crippen LogP contribution in [0.15, 0.2) is 6.07 Å². The van der Waals surface area contributed by atoms with Gasteiger partial charge in [-0.25, -0.2) is 0 Å². The molecule has 0 bridgehead atoms. The predicted octanol–water partition coefficient (Wildman–Crippen LogP) is 2.22. The van der Waals surface area contributed by atoms with Crippen molar-refractivity contribution >= 4 is 0 Å². The highest BCUT2D eigenvalue weighted by Crippen LogP contribution is 2.32. The lowest BCUT2D eigenvalue weighted by Gasteiger charge is -2.27. The van der Waals surface area contributed by atoms with Crippen molar-refractivity contribution in [3.63, 3.8) is 0 Å². The Hall–Kier alpha value is -1.06. The fraction of sp³-hybridized carbons (Fsp3) is 0.571. The molecule has 3 heteroatoms. The maximum Gasteiger partial charge on any atom is 0.122 e. The van der Waals surface area contributed by atoms with E-state index in [0.29, 0.717) is 0 Å². The van der Waals surface area contributed by atoms with Crippen LogP contribution in [-0.2, 0) is 0 Å². The van der Waals surface area contributed by atoms with Crippen molar-refractivity contribution in [2.24, 2.45) is 0 Å². The van der Waals surface area contributed by atoms with E-state index in [4.69, 9.17) is 4.74 Å². The standard InChI is InChI=1S/C14H23NO2/c1-9-7-13(17-6)10(2)11(3)14(9)12(8-16)15(4)5/h7,12,16H,8H2,1-6H3. The van der Waals surface area contributed by atoms with Crippen LogP contribution in [0.5, 0.6) is 5.75 Å². The molecule has 1 rings (SSSR count). The van der Waals surface area contributed by atoms with Crippen LogP contribution in [0.4, 0.5) is 0 Å². The van der Waals surface area contributed by atoms with Crippen LogP contribution in [0.2, 0.25) is 0 Å². The molecule has 1 aromatic carbocycles. The van der Waals surface area contributed by atoms with Gasteiger partial charge >= 0.3 is 0 Å². The molecule has 17 heavy (non-hydrogen) atoms. The zero-order chi connectivity index (χ0) is 13.2. The molecular formula is C14H23NO2. The molecular weight excluding hydrogens is 214 g/mol. The molecule has 1 atom stereocenters. The summed E-state index contributed by atoms with van der Waals surface area (Å²) < 4.78 is 5.36. The molecule has 1 unspecified atom stereocenters. The van der Waals surface area contributed by atoms with Gasteiger partial charge in [-0.2, -0.15) is 0 Å². The zero-order valence-corrected chi connectivity index (χ0v) is 11.7. The lowest BCUT2D eigenvalue weighted by Crippen LogP contribution is -2.25. The summed E-state index contributed by atoms with van der Waals surface area (Å²) in [5.41, 5.74) is 4.72. The van der Waals surface area contributed by atoms with Gasteiger partial charge in [0, 0.05) is 0 Å². The minimum Gasteiger partial charge on any atom is -0.496 e. The third kappa shape index (κ3) is 2.61. The number of benzene rings is 1. The van der Waals surface area contributed by atoms with Crippen molar-refractivity contribution < 1.29 is 9.84 Å². The summed E-state index contributed by atoms with van der Waals surface area (Å²) in [4.78, 5) is 2.04. The fourth-order valence-electron chi connectivity index (χ4n) is 2.30. The number of methoxy groups -OCH3 is 1. The molecule has 1 aromatic rings. The smallest absolute Gasteiger partial charge is 0.122 e. The molecule has 0 fully saturated rings. The van der Waals surface area contributed by atoms with Crippen LogP contribution >= 0.6 is 0 Å². The molecule has 0 aliphatic heterocycles. The van der Waals surface area contributed by atoms with Crippen LogP contribution in [0.1, 0.15) is 28.3 Å².